The summed E-state index contributed by atoms with van der Waals surface area (Å²) in [7, 11) is 0. The minimum absolute atomic E-state index is 0.269. The van der Waals surface area contributed by atoms with Gasteiger partial charge in [0, 0.05) is 6.42 Å². The number of carbonyl (C=O) groups is 2. The number of rotatable bonds is 4. The average Bonchev–Trinajstić information content (AvgIpc) is 3.00. The number of carbonyl (C=O) groups excluding carboxylic acids is 2. The Kier molecular flexibility index (Phi) is 3.66. The smallest absolute Gasteiger partial charge is 0.329 e. The molecular weight excluding hydrogens is 282 g/mol. The number of benzene rings is 1. The standard InChI is InChI=1S/C16H17N3O3/c1-3-12-14(10(2)22-18-12)19-15(20)13(17-16(19)21)9-11-7-5-4-6-8-11/h4-8,13H,3,9H2,1-2H3,(H,17,21)/t13-/m1/s1. The average molecular weight is 299 g/mol. The molecule has 1 aliphatic heterocycles. The summed E-state index contributed by atoms with van der Waals surface area (Å²) in [5.41, 5.74) is 2.09. The second-order valence-electron chi connectivity index (χ2n) is 5.25. The van der Waals surface area contributed by atoms with Gasteiger partial charge < -0.3 is 9.84 Å². The molecule has 1 aromatic carbocycles. The fraction of sp³-hybridized carbons (Fsp3) is 0.312. The lowest BCUT2D eigenvalue weighted by molar-refractivity contribution is -0.118. The molecule has 1 atom stereocenters. The van der Waals surface area contributed by atoms with E-state index < -0.39 is 12.1 Å². The van der Waals surface area contributed by atoms with Crippen molar-refractivity contribution in [1.82, 2.24) is 10.5 Å². The normalized spacial score (nSPS) is 17.9. The second kappa shape index (κ2) is 5.63. The number of nitrogens with zero attached hydrogens (tertiary/aromatic N) is 2. The van der Waals surface area contributed by atoms with Crippen molar-refractivity contribution in [2.24, 2.45) is 0 Å². The lowest BCUT2D eigenvalue weighted by Crippen LogP contribution is -2.33. The van der Waals surface area contributed by atoms with Crippen molar-refractivity contribution in [2.45, 2.75) is 32.7 Å². The molecule has 3 amide bonds. The number of amides is 3. The van der Waals surface area contributed by atoms with Gasteiger partial charge in [-0.25, -0.2) is 9.69 Å². The third-order valence-electron chi connectivity index (χ3n) is 3.76. The molecule has 1 fully saturated rings. The molecule has 22 heavy (non-hydrogen) atoms. The number of anilines is 1. The van der Waals surface area contributed by atoms with E-state index in [9.17, 15) is 9.59 Å². The molecule has 6 nitrogen and oxygen atoms in total. The number of aryl methyl sites for hydroxylation is 2. The molecule has 2 aromatic rings. The molecule has 0 unspecified atom stereocenters. The van der Waals surface area contributed by atoms with E-state index in [0.29, 0.717) is 30.0 Å². The molecule has 0 radical (unpaired) electrons. The zero-order valence-electron chi connectivity index (χ0n) is 12.5. The van der Waals surface area contributed by atoms with Crippen molar-refractivity contribution in [3.63, 3.8) is 0 Å². The first-order valence-corrected chi connectivity index (χ1v) is 7.25. The minimum Gasteiger partial charge on any atom is -0.359 e. The fourth-order valence-corrected chi connectivity index (χ4v) is 2.66. The van der Waals surface area contributed by atoms with Crippen molar-refractivity contribution in [3.8, 4) is 0 Å². The molecular formula is C16H17N3O3. The van der Waals surface area contributed by atoms with Gasteiger partial charge in [-0.3, -0.25) is 4.79 Å². The Morgan fingerprint density at radius 2 is 2.00 bits per heavy atom. The highest BCUT2D eigenvalue weighted by atomic mass is 16.5. The van der Waals surface area contributed by atoms with Crippen LogP contribution in [0.4, 0.5) is 10.5 Å². The van der Waals surface area contributed by atoms with Crippen LogP contribution in [0.5, 0.6) is 0 Å². The van der Waals surface area contributed by atoms with Gasteiger partial charge in [-0.2, -0.15) is 0 Å². The van der Waals surface area contributed by atoms with Crippen molar-refractivity contribution in [3.05, 3.63) is 47.3 Å². The Labute approximate surface area is 128 Å². The van der Waals surface area contributed by atoms with Crippen LogP contribution in [0.3, 0.4) is 0 Å². The molecule has 1 aliphatic rings. The topological polar surface area (TPSA) is 75.4 Å². The van der Waals surface area contributed by atoms with Gasteiger partial charge in [0.25, 0.3) is 5.91 Å². The summed E-state index contributed by atoms with van der Waals surface area (Å²) in [5.74, 6) is 0.204. The number of hydrogen-bond donors (Lipinski definition) is 1. The van der Waals surface area contributed by atoms with Crippen LogP contribution < -0.4 is 10.2 Å². The summed E-state index contributed by atoms with van der Waals surface area (Å²) in [4.78, 5) is 26.0. The van der Waals surface area contributed by atoms with Gasteiger partial charge in [-0.1, -0.05) is 42.4 Å². The molecule has 0 aliphatic carbocycles. The number of hydrogen-bond acceptors (Lipinski definition) is 4. The Bertz CT molecular complexity index is 709. The lowest BCUT2D eigenvalue weighted by Gasteiger charge is -2.12. The summed E-state index contributed by atoms with van der Waals surface area (Å²) >= 11 is 0. The van der Waals surface area contributed by atoms with Gasteiger partial charge in [-0.15, -0.1) is 0 Å². The summed E-state index contributed by atoms with van der Waals surface area (Å²) in [5, 5.41) is 6.64. The summed E-state index contributed by atoms with van der Waals surface area (Å²) in [6.07, 6.45) is 1.06. The first kappa shape index (κ1) is 14.3. The lowest BCUT2D eigenvalue weighted by atomic mass is 10.1. The zero-order valence-corrected chi connectivity index (χ0v) is 12.5. The maximum absolute atomic E-state index is 12.6. The van der Waals surface area contributed by atoms with E-state index >= 15 is 0 Å². The molecule has 0 bridgehead atoms. The molecule has 6 heteroatoms. The Morgan fingerprint density at radius 1 is 1.27 bits per heavy atom. The van der Waals surface area contributed by atoms with Gasteiger partial charge in [-0.05, 0) is 18.9 Å². The van der Waals surface area contributed by atoms with E-state index in [0.717, 1.165) is 10.5 Å². The van der Waals surface area contributed by atoms with Crippen LogP contribution in [-0.4, -0.2) is 23.1 Å². The monoisotopic (exact) mass is 299 g/mol. The van der Waals surface area contributed by atoms with E-state index in [4.69, 9.17) is 4.52 Å². The molecule has 114 valence electrons. The highest BCUT2D eigenvalue weighted by molar-refractivity contribution is 6.21. The van der Waals surface area contributed by atoms with Gasteiger partial charge in [0.2, 0.25) is 0 Å². The molecule has 0 saturated carbocycles. The fourth-order valence-electron chi connectivity index (χ4n) is 2.66. The predicted molar refractivity (Wildman–Crippen MR) is 80.6 cm³/mol. The summed E-state index contributed by atoms with van der Waals surface area (Å²) in [6, 6.07) is 8.62. The van der Waals surface area contributed by atoms with Gasteiger partial charge >= 0.3 is 6.03 Å². The molecule has 2 heterocycles. The minimum atomic E-state index is -0.561. The first-order valence-electron chi connectivity index (χ1n) is 7.25. The van der Waals surface area contributed by atoms with Gasteiger partial charge in [0.05, 0.1) is 0 Å². The Morgan fingerprint density at radius 3 is 2.68 bits per heavy atom. The summed E-state index contributed by atoms with van der Waals surface area (Å²) < 4.78 is 5.13. The van der Waals surface area contributed by atoms with Crippen molar-refractivity contribution in [2.75, 3.05) is 4.90 Å². The highest BCUT2D eigenvalue weighted by Crippen LogP contribution is 2.28. The Hall–Kier alpha value is -2.63. The van der Waals surface area contributed by atoms with E-state index in [1.807, 2.05) is 37.3 Å². The molecule has 3 rings (SSSR count). The van der Waals surface area contributed by atoms with Crippen LogP contribution in [0.1, 0.15) is 23.9 Å². The van der Waals surface area contributed by atoms with E-state index in [1.165, 1.54) is 0 Å². The van der Waals surface area contributed by atoms with Crippen molar-refractivity contribution in [1.29, 1.82) is 0 Å². The number of nitrogens with one attached hydrogen (secondary N) is 1. The van der Waals surface area contributed by atoms with Crippen LogP contribution in [0.25, 0.3) is 0 Å². The van der Waals surface area contributed by atoms with Crippen LogP contribution in [0.2, 0.25) is 0 Å². The van der Waals surface area contributed by atoms with Crippen LogP contribution in [0.15, 0.2) is 34.9 Å². The number of imide groups is 1. The van der Waals surface area contributed by atoms with E-state index in [1.54, 1.807) is 6.92 Å². The van der Waals surface area contributed by atoms with Crippen LogP contribution in [-0.2, 0) is 17.6 Å². The van der Waals surface area contributed by atoms with Crippen LogP contribution >= 0.6 is 0 Å². The Balaban J connectivity index is 1.87. The molecule has 1 saturated heterocycles. The van der Waals surface area contributed by atoms with Crippen LogP contribution in [0, 0.1) is 6.92 Å². The maximum atomic E-state index is 12.6. The summed E-state index contributed by atoms with van der Waals surface area (Å²) in [6.45, 7) is 3.60. The first-order chi connectivity index (χ1) is 10.6. The van der Waals surface area contributed by atoms with Gasteiger partial charge in [0.15, 0.2) is 5.76 Å². The third-order valence-corrected chi connectivity index (χ3v) is 3.76. The second-order valence-corrected chi connectivity index (χ2v) is 5.25. The van der Waals surface area contributed by atoms with E-state index in [2.05, 4.69) is 10.5 Å². The predicted octanol–water partition coefficient (Wildman–Crippen LogP) is 2.21. The highest BCUT2D eigenvalue weighted by Gasteiger charge is 2.41. The molecule has 0 spiro atoms. The van der Waals surface area contributed by atoms with Crippen molar-refractivity contribution < 1.29 is 14.1 Å². The largest absolute Gasteiger partial charge is 0.359 e. The number of aromatic nitrogens is 1. The van der Waals surface area contributed by atoms with Gasteiger partial charge in [0.1, 0.15) is 17.4 Å². The third kappa shape index (κ3) is 2.36. The molecule has 1 N–H and O–H groups in total. The maximum Gasteiger partial charge on any atom is 0.329 e. The quantitative estimate of drug-likeness (QED) is 0.878. The molecule has 1 aromatic heterocycles. The number of urea groups is 1. The zero-order chi connectivity index (χ0) is 15.7. The van der Waals surface area contributed by atoms with E-state index in [-0.39, 0.29) is 5.91 Å². The van der Waals surface area contributed by atoms with Crippen molar-refractivity contribution >= 4 is 17.6 Å². The SMILES string of the molecule is CCc1noc(C)c1N1C(=O)N[C@H](Cc2ccccc2)C1=O.